The molecule has 0 aromatic rings. The van der Waals surface area contributed by atoms with E-state index in [0.29, 0.717) is 38.9 Å². The molecule has 3 saturated heterocycles. The molecule has 3 heterocycles. The minimum Gasteiger partial charge on any atom is -0.460 e. The van der Waals surface area contributed by atoms with Gasteiger partial charge in [0.05, 0.1) is 12.0 Å². The van der Waals surface area contributed by atoms with Crippen LogP contribution in [-0.4, -0.2) is 130 Å². The van der Waals surface area contributed by atoms with Gasteiger partial charge in [-0.25, -0.2) is 0 Å². The zero-order valence-electron chi connectivity index (χ0n) is 27.6. The highest BCUT2D eigenvalue weighted by molar-refractivity contribution is 6.04. The Labute approximate surface area is 252 Å². The molecular formula is C31H56N4O7. The first-order valence-corrected chi connectivity index (χ1v) is 15.6. The maximum absolute atomic E-state index is 14.1. The Bertz CT molecular complexity index is 940. The predicted molar refractivity (Wildman–Crippen MR) is 160 cm³/mol. The van der Waals surface area contributed by atoms with Gasteiger partial charge in [0.15, 0.2) is 17.9 Å². The van der Waals surface area contributed by atoms with Crippen molar-refractivity contribution in [1.29, 1.82) is 0 Å². The van der Waals surface area contributed by atoms with Gasteiger partial charge in [0.1, 0.15) is 17.6 Å². The second kappa shape index (κ2) is 14.4. The van der Waals surface area contributed by atoms with Crippen molar-refractivity contribution < 1.29 is 33.3 Å². The molecule has 3 aliphatic rings. The average Bonchev–Trinajstić information content (AvgIpc) is 2.94. The summed E-state index contributed by atoms with van der Waals surface area (Å²) in [6.45, 7) is 14.1. The topological polar surface area (TPSA) is 110 Å². The molecule has 0 aromatic heterocycles. The van der Waals surface area contributed by atoms with Gasteiger partial charge >= 0.3 is 5.97 Å². The Morgan fingerprint density at radius 1 is 1.07 bits per heavy atom. The zero-order chi connectivity index (χ0) is 31.4. The van der Waals surface area contributed by atoms with Gasteiger partial charge in [-0.05, 0) is 67.6 Å². The van der Waals surface area contributed by atoms with Crippen LogP contribution in [0.4, 0.5) is 0 Å². The normalized spacial score (nSPS) is 37.9. The van der Waals surface area contributed by atoms with Crippen molar-refractivity contribution in [3.63, 3.8) is 0 Å². The molecule has 0 saturated carbocycles. The highest BCUT2D eigenvalue weighted by Gasteiger charge is 2.52. The van der Waals surface area contributed by atoms with E-state index in [2.05, 4.69) is 17.1 Å². The fraction of sp³-hybridized carbons (Fsp3) is 0.903. The molecule has 8 atom stereocenters. The smallest absolute Gasteiger partial charge is 0.319 e. The van der Waals surface area contributed by atoms with Gasteiger partial charge < -0.3 is 34.1 Å². The van der Waals surface area contributed by atoms with Gasteiger partial charge in [-0.3, -0.25) is 19.3 Å². The fourth-order valence-corrected chi connectivity index (χ4v) is 6.68. The molecule has 1 N–H and O–H groups in total. The van der Waals surface area contributed by atoms with Gasteiger partial charge in [-0.2, -0.15) is 0 Å². The number of likely N-dealkylation sites (N-methyl/N-ethyl adjacent to an activating group) is 1. The van der Waals surface area contributed by atoms with Gasteiger partial charge in [-0.15, -0.1) is 0 Å². The van der Waals surface area contributed by atoms with Crippen molar-refractivity contribution in [3.8, 4) is 0 Å². The van der Waals surface area contributed by atoms with Crippen molar-refractivity contribution >= 4 is 17.7 Å². The largest absolute Gasteiger partial charge is 0.460 e. The Morgan fingerprint density at radius 2 is 1.71 bits per heavy atom. The molecule has 0 aliphatic carbocycles. The summed E-state index contributed by atoms with van der Waals surface area (Å²) < 4.78 is 25.0. The van der Waals surface area contributed by atoms with Crippen LogP contribution < -0.4 is 5.32 Å². The number of cyclic esters (lactones) is 1. The van der Waals surface area contributed by atoms with Crippen molar-refractivity contribution in [2.24, 2.45) is 17.3 Å². The maximum Gasteiger partial charge on any atom is 0.319 e. The summed E-state index contributed by atoms with van der Waals surface area (Å²) in [4.78, 5) is 47.6. The van der Waals surface area contributed by atoms with Gasteiger partial charge in [0, 0.05) is 58.7 Å². The first kappa shape index (κ1) is 34.9. The molecule has 242 valence electrons. The van der Waals surface area contributed by atoms with Crippen LogP contribution in [0.25, 0.3) is 0 Å². The Kier molecular flexibility index (Phi) is 12.0. The number of esters is 1. The average molecular weight is 597 g/mol. The molecule has 11 nitrogen and oxygen atoms in total. The molecule has 3 aliphatic heterocycles. The van der Waals surface area contributed by atoms with E-state index in [1.807, 2.05) is 37.9 Å². The third-order valence-corrected chi connectivity index (χ3v) is 9.52. The number of ketones is 1. The van der Waals surface area contributed by atoms with Gasteiger partial charge in [0.2, 0.25) is 5.91 Å². The molecule has 11 heteroatoms. The number of amides is 1. The second-order valence-corrected chi connectivity index (χ2v) is 13.5. The lowest BCUT2D eigenvalue weighted by molar-refractivity contribution is -0.337. The van der Waals surface area contributed by atoms with Crippen molar-refractivity contribution in [2.45, 2.75) is 104 Å². The third-order valence-electron chi connectivity index (χ3n) is 9.52. The third kappa shape index (κ3) is 7.90. The van der Waals surface area contributed by atoms with E-state index < -0.39 is 41.5 Å². The lowest BCUT2D eigenvalue weighted by Crippen LogP contribution is -2.58. The number of nitrogens with one attached hydrogen (secondary N) is 1. The summed E-state index contributed by atoms with van der Waals surface area (Å²) in [5.41, 5.74) is -1.49. The molecule has 0 unspecified atom stereocenters. The maximum atomic E-state index is 14.1. The van der Waals surface area contributed by atoms with Crippen LogP contribution in [0.1, 0.15) is 67.2 Å². The Morgan fingerprint density at radius 3 is 2.31 bits per heavy atom. The van der Waals surface area contributed by atoms with Crippen LogP contribution in [0.2, 0.25) is 0 Å². The number of rotatable bonds is 5. The number of carbonyl (C=O) groups is 3. The van der Waals surface area contributed by atoms with Crippen molar-refractivity contribution in [2.75, 3.05) is 61.0 Å². The summed E-state index contributed by atoms with van der Waals surface area (Å²) in [5.74, 6) is -3.03. The summed E-state index contributed by atoms with van der Waals surface area (Å²) in [6.07, 6.45) is 1.29. The molecule has 42 heavy (non-hydrogen) atoms. The van der Waals surface area contributed by atoms with E-state index >= 15 is 0 Å². The number of Topliss-reactive ketones (excluding diaryl/α,β-unsaturated/α-hetero) is 1. The number of carbonyl (C=O) groups excluding carboxylic acids is 3. The molecule has 3 fully saturated rings. The Balaban J connectivity index is 1.95. The monoisotopic (exact) mass is 596 g/mol. The van der Waals surface area contributed by atoms with Crippen LogP contribution in [0, 0.1) is 17.3 Å². The lowest BCUT2D eigenvalue weighted by atomic mass is 9.77. The highest BCUT2D eigenvalue weighted by atomic mass is 16.8. The quantitative estimate of drug-likeness (QED) is 0.288. The first-order chi connectivity index (χ1) is 19.6. The lowest BCUT2D eigenvalue weighted by Gasteiger charge is -2.45. The molecular weight excluding hydrogens is 540 g/mol. The number of hydrogen-bond acceptors (Lipinski definition) is 10. The number of piperazine rings is 1. The van der Waals surface area contributed by atoms with E-state index in [-0.39, 0.29) is 29.8 Å². The number of ether oxygens (including phenoxy) is 4. The SMILES string of the molecule is CO[C@]1(O[C@H]2C[C@@H](N(C)C)C[C@@H](C)O2)CC[C@@H](C)CN(C)[C@@H](C(=O)N2CCNCC2)[C@H](C)OC(=O)C(C)(C)C(=O)[C@@H]1C. The van der Waals surface area contributed by atoms with E-state index in [0.717, 1.165) is 19.5 Å². The number of nitrogens with zero attached hydrogens (tertiary/aromatic N) is 3. The predicted octanol–water partition coefficient (Wildman–Crippen LogP) is 2.13. The summed E-state index contributed by atoms with van der Waals surface area (Å²) in [6, 6.07) is -0.402. The molecule has 0 spiro atoms. The molecule has 1 amide bonds. The van der Waals surface area contributed by atoms with Crippen LogP contribution in [0.3, 0.4) is 0 Å². The van der Waals surface area contributed by atoms with Gasteiger partial charge in [-0.1, -0.05) is 13.8 Å². The first-order valence-electron chi connectivity index (χ1n) is 15.6. The summed E-state index contributed by atoms with van der Waals surface area (Å²) >= 11 is 0. The molecule has 3 rings (SSSR count). The Hall–Kier alpha value is -1.63. The number of hydrogen-bond donors (Lipinski definition) is 1. The van der Waals surface area contributed by atoms with Crippen molar-refractivity contribution in [1.82, 2.24) is 20.0 Å². The minimum atomic E-state index is -1.49. The van der Waals surface area contributed by atoms with Crippen molar-refractivity contribution in [3.05, 3.63) is 0 Å². The molecule has 0 radical (unpaired) electrons. The van der Waals surface area contributed by atoms with Crippen LogP contribution in [0.5, 0.6) is 0 Å². The minimum absolute atomic E-state index is 0.0172. The van der Waals surface area contributed by atoms with E-state index in [1.54, 1.807) is 34.8 Å². The molecule has 0 bridgehead atoms. The second-order valence-electron chi connectivity index (χ2n) is 13.5. The zero-order valence-corrected chi connectivity index (χ0v) is 27.6. The number of methoxy groups -OCH3 is 1. The van der Waals surface area contributed by atoms with E-state index in [9.17, 15) is 14.4 Å². The molecule has 0 aromatic carbocycles. The summed E-state index contributed by atoms with van der Waals surface area (Å²) in [7, 11) is 7.56. The van der Waals surface area contributed by atoms with Crippen LogP contribution >= 0.6 is 0 Å². The highest BCUT2D eigenvalue weighted by Crippen LogP contribution is 2.39. The standard InChI is InChI=1S/C31H56N4O7/c1-20-11-12-31(39-10,42-25-18-24(33(7)8)17-21(2)40-25)22(3)27(36)30(5,6)29(38)41-23(4)26(34(9)19-20)28(37)35-15-13-32-14-16-35/h20-26,32H,11-19H2,1-10H3/t20-,21-,22+,23+,24+,25+,26-,31+/m1/s1. The fourth-order valence-electron chi connectivity index (χ4n) is 6.68. The van der Waals surface area contributed by atoms with Gasteiger partial charge in [0.25, 0.3) is 0 Å². The van der Waals surface area contributed by atoms with E-state index in [1.165, 1.54) is 0 Å². The van der Waals surface area contributed by atoms with Crippen LogP contribution in [-0.2, 0) is 33.3 Å². The summed E-state index contributed by atoms with van der Waals surface area (Å²) in [5, 5.41) is 3.28. The van der Waals surface area contributed by atoms with Crippen LogP contribution in [0.15, 0.2) is 0 Å². The van der Waals surface area contributed by atoms with E-state index in [4.69, 9.17) is 18.9 Å².